The second-order valence-corrected chi connectivity index (χ2v) is 2.92. The van der Waals surface area contributed by atoms with Crippen LogP contribution in [0.2, 0.25) is 0 Å². The molecule has 0 aliphatic carbocycles. The third-order valence-corrected chi connectivity index (χ3v) is 1.81. The first-order chi connectivity index (χ1) is 6.86. The van der Waals surface area contributed by atoms with Crippen LogP contribution in [0.25, 0.3) is 0 Å². The van der Waals surface area contributed by atoms with E-state index >= 15 is 0 Å². The van der Waals surface area contributed by atoms with Gasteiger partial charge >= 0.3 is 0 Å². The van der Waals surface area contributed by atoms with E-state index in [1.165, 1.54) is 0 Å². The van der Waals surface area contributed by atoms with Crippen LogP contribution in [0.15, 0.2) is 42.9 Å². The molecule has 2 aromatic heterocycles. The molecule has 0 amide bonds. The maximum Gasteiger partial charge on any atom is 0.222 e. The lowest BCUT2D eigenvalue weighted by molar-refractivity contribution is 0.457. The van der Waals surface area contributed by atoms with E-state index in [2.05, 4.69) is 9.97 Å². The molecule has 0 unspecified atom stereocenters. The van der Waals surface area contributed by atoms with Gasteiger partial charge in [0.1, 0.15) is 5.75 Å². The summed E-state index contributed by atoms with van der Waals surface area (Å²) in [6.45, 7) is 1.96. The van der Waals surface area contributed by atoms with E-state index in [1.54, 1.807) is 18.6 Å². The first kappa shape index (κ1) is 8.69. The first-order valence-corrected chi connectivity index (χ1v) is 4.36. The summed E-state index contributed by atoms with van der Waals surface area (Å²) >= 11 is 0. The SMILES string of the molecule is Cc1cccnc1Oc1cccnc1. The van der Waals surface area contributed by atoms with Crippen molar-refractivity contribution in [2.45, 2.75) is 6.92 Å². The summed E-state index contributed by atoms with van der Waals surface area (Å²) in [7, 11) is 0. The van der Waals surface area contributed by atoms with E-state index in [0.29, 0.717) is 11.6 Å². The number of aryl methyl sites for hydroxylation is 1. The molecule has 0 bridgehead atoms. The molecular weight excluding hydrogens is 176 g/mol. The molecule has 0 fully saturated rings. The van der Waals surface area contributed by atoms with Crippen LogP contribution in [0.3, 0.4) is 0 Å². The van der Waals surface area contributed by atoms with Crippen LogP contribution in [0.5, 0.6) is 11.6 Å². The van der Waals surface area contributed by atoms with Crippen molar-refractivity contribution >= 4 is 0 Å². The number of hydrogen-bond acceptors (Lipinski definition) is 3. The van der Waals surface area contributed by atoms with Gasteiger partial charge in [0, 0.05) is 18.0 Å². The third kappa shape index (κ3) is 1.88. The lowest BCUT2D eigenvalue weighted by atomic mass is 10.3. The fraction of sp³-hybridized carbons (Fsp3) is 0.0909. The molecule has 70 valence electrons. The summed E-state index contributed by atoms with van der Waals surface area (Å²) < 4.78 is 5.54. The molecular formula is C11H10N2O. The molecule has 0 saturated heterocycles. The minimum Gasteiger partial charge on any atom is -0.437 e. The number of aromatic nitrogens is 2. The maximum absolute atomic E-state index is 5.54. The average Bonchev–Trinajstić information content (AvgIpc) is 2.23. The number of pyridine rings is 2. The first-order valence-electron chi connectivity index (χ1n) is 4.36. The Kier molecular flexibility index (Phi) is 2.40. The van der Waals surface area contributed by atoms with Gasteiger partial charge in [-0.25, -0.2) is 4.98 Å². The van der Waals surface area contributed by atoms with Gasteiger partial charge in [-0.05, 0) is 25.1 Å². The smallest absolute Gasteiger partial charge is 0.222 e. The lowest BCUT2D eigenvalue weighted by Gasteiger charge is -2.05. The van der Waals surface area contributed by atoms with E-state index in [4.69, 9.17) is 4.74 Å². The molecule has 3 nitrogen and oxygen atoms in total. The Bertz CT molecular complexity index is 415. The predicted octanol–water partition coefficient (Wildman–Crippen LogP) is 2.58. The summed E-state index contributed by atoms with van der Waals surface area (Å²) in [6.07, 6.45) is 5.07. The molecule has 2 heterocycles. The molecule has 0 radical (unpaired) electrons. The fourth-order valence-corrected chi connectivity index (χ4v) is 1.10. The lowest BCUT2D eigenvalue weighted by Crippen LogP contribution is -1.90. The Labute approximate surface area is 82.4 Å². The monoisotopic (exact) mass is 186 g/mol. The van der Waals surface area contributed by atoms with Crippen molar-refractivity contribution < 1.29 is 4.74 Å². The highest BCUT2D eigenvalue weighted by molar-refractivity contribution is 5.29. The van der Waals surface area contributed by atoms with Gasteiger partial charge in [-0.1, -0.05) is 6.07 Å². The van der Waals surface area contributed by atoms with Gasteiger partial charge in [0.25, 0.3) is 0 Å². The molecule has 3 heteroatoms. The zero-order valence-electron chi connectivity index (χ0n) is 7.84. The molecule has 0 spiro atoms. The summed E-state index contributed by atoms with van der Waals surface area (Å²) in [4.78, 5) is 8.08. The summed E-state index contributed by atoms with van der Waals surface area (Å²) in [6, 6.07) is 7.51. The second-order valence-electron chi connectivity index (χ2n) is 2.92. The second kappa shape index (κ2) is 3.87. The van der Waals surface area contributed by atoms with Crippen LogP contribution >= 0.6 is 0 Å². The van der Waals surface area contributed by atoms with Crippen LogP contribution < -0.4 is 4.74 Å². The van der Waals surface area contributed by atoms with Crippen molar-refractivity contribution in [2.75, 3.05) is 0 Å². The van der Waals surface area contributed by atoms with Crippen molar-refractivity contribution in [2.24, 2.45) is 0 Å². The van der Waals surface area contributed by atoms with E-state index in [-0.39, 0.29) is 0 Å². The minimum absolute atomic E-state index is 0.625. The Hall–Kier alpha value is -1.90. The van der Waals surface area contributed by atoms with Gasteiger partial charge in [0.2, 0.25) is 5.88 Å². The summed E-state index contributed by atoms with van der Waals surface area (Å²) in [5.74, 6) is 1.33. The fourth-order valence-electron chi connectivity index (χ4n) is 1.10. The van der Waals surface area contributed by atoms with E-state index in [1.807, 2.05) is 31.2 Å². The van der Waals surface area contributed by atoms with Gasteiger partial charge in [-0.15, -0.1) is 0 Å². The summed E-state index contributed by atoms with van der Waals surface area (Å²) in [5, 5.41) is 0. The van der Waals surface area contributed by atoms with E-state index in [9.17, 15) is 0 Å². The zero-order chi connectivity index (χ0) is 9.80. The highest BCUT2D eigenvalue weighted by Crippen LogP contribution is 2.20. The molecule has 0 saturated carbocycles. The number of rotatable bonds is 2. The molecule has 0 atom stereocenters. The molecule has 0 N–H and O–H groups in total. The highest BCUT2D eigenvalue weighted by atomic mass is 16.5. The topological polar surface area (TPSA) is 35.0 Å². The van der Waals surface area contributed by atoms with Crippen LogP contribution in [0.4, 0.5) is 0 Å². The Balaban J connectivity index is 2.24. The minimum atomic E-state index is 0.625. The molecule has 0 aromatic carbocycles. The molecule has 2 rings (SSSR count). The summed E-state index contributed by atoms with van der Waals surface area (Å²) in [5.41, 5.74) is 1.01. The quantitative estimate of drug-likeness (QED) is 0.723. The molecule has 0 aliphatic rings. The van der Waals surface area contributed by atoms with Crippen LogP contribution in [-0.4, -0.2) is 9.97 Å². The van der Waals surface area contributed by atoms with Gasteiger partial charge in [-0.3, -0.25) is 4.98 Å². The van der Waals surface area contributed by atoms with Crippen molar-refractivity contribution in [3.05, 3.63) is 48.4 Å². The Morgan fingerprint density at radius 1 is 1.14 bits per heavy atom. The standard InChI is InChI=1S/C11H10N2O/c1-9-4-2-7-13-11(9)14-10-5-3-6-12-8-10/h2-8H,1H3. The van der Waals surface area contributed by atoms with Crippen molar-refractivity contribution in [1.82, 2.24) is 9.97 Å². The van der Waals surface area contributed by atoms with E-state index < -0.39 is 0 Å². The van der Waals surface area contributed by atoms with Crippen molar-refractivity contribution in [3.8, 4) is 11.6 Å². The maximum atomic E-state index is 5.54. The van der Waals surface area contributed by atoms with Gasteiger partial charge in [-0.2, -0.15) is 0 Å². The van der Waals surface area contributed by atoms with Crippen LogP contribution in [-0.2, 0) is 0 Å². The Morgan fingerprint density at radius 3 is 2.71 bits per heavy atom. The molecule has 2 aromatic rings. The van der Waals surface area contributed by atoms with Crippen molar-refractivity contribution in [3.63, 3.8) is 0 Å². The number of nitrogens with zero attached hydrogens (tertiary/aromatic N) is 2. The largest absolute Gasteiger partial charge is 0.437 e. The Morgan fingerprint density at radius 2 is 2.00 bits per heavy atom. The average molecular weight is 186 g/mol. The van der Waals surface area contributed by atoms with Crippen molar-refractivity contribution in [1.29, 1.82) is 0 Å². The van der Waals surface area contributed by atoms with Crippen LogP contribution in [0.1, 0.15) is 5.56 Å². The van der Waals surface area contributed by atoms with Gasteiger partial charge in [0.05, 0.1) is 6.20 Å². The molecule has 14 heavy (non-hydrogen) atoms. The number of hydrogen-bond donors (Lipinski definition) is 0. The van der Waals surface area contributed by atoms with E-state index in [0.717, 1.165) is 5.56 Å². The predicted molar refractivity (Wildman–Crippen MR) is 53.3 cm³/mol. The van der Waals surface area contributed by atoms with Crippen LogP contribution in [0, 0.1) is 6.92 Å². The normalized spacial score (nSPS) is 9.79. The number of ether oxygens (including phenoxy) is 1. The highest BCUT2D eigenvalue weighted by Gasteiger charge is 2.00. The molecule has 0 aliphatic heterocycles. The third-order valence-electron chi connectivity index (χ3n) is 1.81. The zero-order valence-corrected chi connectivity index (χ0v) is 7.84. The van der Waals surface area contributed by atoms with Gasteiger partial charge < -0.3 is 4.74 Å². The van der Waals surface area contributed by atoms with Gasteiger partial charge in [0.15, 0.2) is 0 Å².